The molecule has 0 aliphatic carbocycles. The molecule has 0 unspecified atom stereocenters. The summed E-state index contributed by atoms with van der Waals surface area (Å²) in [6, 6.07) is 7.95. The predicted octanol–water partition coefficient (Wildman–Crippen LogP) is 6.64. The standard InChI is InChI=1S/C28H34ClFN5O6PS/c1-6-37-42(36,38-7-2)15-43-14-21-23-24(41-28(4,5)40-23)27(39-21)35-26-20(13-32-35)22(19(12-31)25(29)34-26)33-16(3)17-8-10-18(30)11-9-17/h8-11,13,16,21,23-24,27H,6-7,14-15H2,1-5H3,(H,33,34)/t16-,21+,23+,24+,27+/m0/s1. The van der Waals surface area contributed by atoms with Gasteiger partial charge in [0.25, 0.3) is 0 Å². The van der Waals surface area contributed by atoms with Gasteiger partial charge < -0.3 is 28.6 Å². The van der Waals surface area contributed by atoms with Crippen molar-refractivity contribution in [2.24, 2.45) is 0 Å². The number of benzene rings is 1. The third-order valence-electron chi connectivity index (χ3n) is 7.09. The van der Waals surface area contributed by atoms with Gasteiger partial charge in [0.1, 0.15) is 29.7 Å². The molecule has 0 saturated carbocycles. The molecule has 0 spiro atoms. The zero-order valence-corrected chi connectivity index (χ0v) is 26.9. The van der Waals surface area contributed by atoms with E-state index in [2.05, 4.69) is 21.5 Å². The first-order valence-electron chi connectivity index (χ1n) is 13.9. The third kappa shape index (κ3) is 6.72. The largest absolute Gasteiger partial charge is 0.377 e. The van der Waals surface area contributed by atoms with Gasteiger partial charge in [0.05, 0.1) is 42.1 Å². The van der Waals surface area contributed by atoms with E-state index in [1.165, 1.54) is 23.9 Å². The monoisotopic (exact) mass is 653 g/mol. The van der Waals surface area contributed by atoms with Crippen molar-refractivity contribution >= 4 is 47.7 Å². The molecule has 232 valence electrons. The Hall–Kier alpha value is -2.27. The molecule has 1 aromatic carbocycles. The first-order chi connectivity index (χ1) is 20.5. The van der Waals surface area contributed by atoms with Gasteiger partial charge in [-0.15, -0.1) is 11.8 Å². The first-order valence-corrected chi connectivity index (χ1v) is 17.2. The molecule has 0 radical (unpaired) electrons. The molecule has 5 atom stereocenters. The van der Waals surface area contributed by atoms with Crippen LogP contribution in [0, 0.1) is 17.1 Å². The summed E-state index contributed by atoms with van der Waals surface area (Å²) in [5, 5.41) is 18.4. The molecule has 5 rings (SSSR count). The van der Waals surface area contributed by atoms with Gasteiger partial charge in [-0.05, 0) is 52.3 Å². The number of nitrogens with one attached hydrogen (secondary N) is 1. The quantitative estimate of drug-likeness (QED) is 0.167. The lowest BCUT2D eigenvalue weighted by atomic mass is 10.1. The predicted molar refractivity (Wildman–Crippen MR) is 162 cm³/mol. The van der Waals surface area contributed by atoms with E-state index in [9.17, 15) is 14.2 Å². The number of ether oxygens (including phenoxy) is 3. The Balaban J connectivity index is 1.44. The highest BCUT2D eigenvalue weighted by Crippen LogP contribution is 2.52. The maximum absolute atomic E-state index is 13.5. The van der Waals surface area contributed by atoms with E-state index in [1.54, 1.807) is 36.9 Å². The molecule has 0 bridgehead atoms. The van der Waals surface area contributed by atoms with Crippen LogP contribution in [0.3, 0.4) is 0 Å². The number of rotatable bonds is 12. The van der Waals surface area contributed by atoms with Crippen LogP contribution >= 0.6 is 31.0 Å². The summed E-state index contributed by atoms with van der Waals surface area (Å²) < 4.78 is 57.9. The lowest BCUT2D eigenvalue weighted by molar-refractivity contribution is -0.195. The fourth-order valence-corrected chi connectivity index (χ4v) is 8.79. The van der Waals surface area contributed by atoms with E-state index >= 15 is 0 Å². The van der Waals surface area contributed by atoms with Crippen molar-refractivity contribution in [3.8, 4) is 6.07 Å². The van der Waals surface area contributed by atoms with Crippen LogP contribution in [-0.2, 0) is 27.8 Å². The van der Waals surface area contributed by atoms with Gasteiger partial charge in [-0.3, -0.25) is 4.57 Å². The Bertz CT molecular complexity index is 1540. The first kappa shape index (κ1) is 32.1. The molecule has 2 saturated heterocycles. The summed E-state index contributed by atoms with van der Waals surface area (Å²) in [5.41, 5.74) is 1.99. The number of hydrogen-bond acceptors (Lipinski definition) is 11. The molecular formula is C28H34ClFN5O6PS. The van der Waals surface area contributed by atoms with Crippen LogP contribution in [-0.4, -0.2) is 63.3 Å². The Labute approximate surface area is 258 Å². The minimum Gasteiger partial charge on any atom is -0.377 e. The maximum atomic E-state index is 13.5. The van der Waals surface area contributed by atoms with Gasteiger partial charge in [-0.1, -0.05) is 23.7 Å². The van der Waals surface area contributed by atoms with Gasteiger partial charge >= 0.3 is 7.60 Å². The van der Waals surface area contributed by atoms with Crippen molar-refractivity contribution in [3.05, 3.63) is 52.6 Å². The second-order valence-corrected chi connectivity index (χ2v) is 14.5. The van der Waals surface area contributed by atoms with E-state index in [0.29, 0.717) is 22.5 Å². The number of hydrogen-bond donors (Lipinski definition) is 1. The number of nitriles is 1. The molecule has 15 heteroatoms. The fraction of sp³-hybridized carbons (Fsp3) is 0.536. The van der Waals surface area contributed by atoms with Crippen molar-refractivity contribution in [2.75, 3.05) is 29.8 Å². The second-order valence-electron chi connectivity index (χ2n) is 10.6. The number of nitrogens with zero attached hydrogens (tertiary/aromatic N) is 4. The molecular weight excluding hydrogens is 620 g/mol. The highest BCUT2D eigenvalue weighted by atomic mass is 35.5. The van der Waals surface area contributed by atoms with Gasteiger partial charge in [0.15, 0.2) is 22.8 Å². The van der Waals surface area contributed by atoms with Crippen LogP contribution in [0.4, 0.5) is 10.1 Å². The number of thioether (sulfide) groups is 1. The van der Waals surface area contributed by atoms with Crippen molar-refractivity contribution in [2.45, 2.75) is 71.0 Å². The van der Waals surface area contributed by atoms with Crippen molar-refractivity contribution in [1.82, 2.24) is 14.8 Å². The number of fused-ring (bicyclic) bond motifs is 2. The maximum Gasteiger partial charge on any atom is 0.340 e. The van der Waals surface area contributed by atoms with Crippen LogP contribution in [0.1, 0.15) is 58.0 Å². The molecule has 43 heavy (non-hydrogen) atoms. The van der Waals surface area contributed by atoms with E-state index < -0.39 is 37.9 Å². The van der Waals surface area contributed by atoms with E-state index in [-0.39, 0.29) is 41.3 Å². The third-order valence-corrected chi connectivity index (χ3v) is 11.2. The highest BCUT2D eigenvalue weighted by molar-refractivity contribution is 8.04. The fourth-order valence-electron chi connectivity index (χ4n) is 5.30. The minimum absolute atomic E-state index is 0.00118. The average molecular weight is 654 g/mol. The number of halogens is 2. The van der Waals surface area contributed by atoms with Gasteiger partial charge in [0.2, 0.25) is 0 Å². The Morgan fingerprint density at radius 3 is 2.56 bits per heavy atom. The van der Waals surface area contributed by atoms with Gasteiger partial charge in [-0.25, -0.2) is 14.1 Å². The average Bonchev–Trinajstić information content (AvgIpc) is 3.60. The lowest BCUT2D eigenvalue weighted by Gasteiger charge is -2.25. The summed E-state index contributed by atoms with van der Waals surface area (Å²) in [4.78, 5) is 4.52. The van der Waals surface area contributed by atoms with Gasteiger partial charge in [0, 0.05) is 11.8 Å². The highest BCUT2D eigenvalue weighted by Gasteiger charge is 2.56. The van der Waals surface area contributed by atoms with Crippen LogP contribution < -0.4 is 5.32 Å². The molecule has 3 aromatic rings. The van der Waals surface area contributed by atoms with Crippen LogP contribution in [0.25, 0.3) is 11.0 Å². The molecule has 2 fully saturated rings. The molecule has 2 aliphatic heterocycles. The summed E-state index contributed by atoms with van der Waals surface area (Å²) >= 11 is 7.92. The van der Waals surface area contributed by atoms with Crippen LogP contribution in [0.5, 0.6) is 0 Å². The summed E-state index contributed by atoms with van der Waals surface area (Å²) in [6.07, 6.45) is -0.515. The Morgan fingerprint density at radius 2 is 1.91 bits per heavy atom. The normalized spacial score (nSPS) is 23.8. The molecule has 2 aliphatic rings. The topological polar surface area (TPSA) is 130 Å². The zero-order valence-electron chi connectivity index (χ0n) is 24.5. The molecule has 4 heterocycles. The molecule has 0 amide bonds. The van der Waals surface area contributed by atoms with E-state index in [4.69, 9.17) is 34.9 Å². The van der Waals surface area contributed by atoms with Crippen LogP contribution in [0.15, 0.2) is 30.5 Å². The number of pyridine rings is 1. The van der Waals surface area contributed by atoms with Crippen LogP contribution in [0.2, 0.25) is 5.15 Å². The lowest BCUT2D eigenvalue weighted by Crippen LogP contribution is -2.31. The van der Waals surface area contributed by atoms with E-state index in [0.717, 1.165) is 5.56 Å². The zero-order chi connectivity index (χ0) is 30.9. The summed E-state index contributed by atoms with van der Waals surface area (Å²) in [7, 11) is -3.24. The molecule has 11 nitrogen and oxygen atoms in total. The van der Waals surface area contributed by atoms with E-state index in [1.807, 2.05) is 20.8 Å². The van der Waals surface area contributed by atoms with Gasteiger partial charge in [-0.2, -0.15) is 10.4 Å². The van der Waals surface area contributed by atoms with Crippen molar-refractivity contribution < 1.29 is 32.2 Å². The summed E-state index contributed by atoms with van der Waals surface area (Å²) in [6.45, 7) is 9.67. The van der Waals surface area contributed by atoms with Crippen molar-refractivity contribution in [3.63, 3.8) is 0 Å². The summed E-state index contributed by atoms with van der Waals surface area (Å²) in [5.74, 6) is -0.768. The smallest absolute Gasteiger partial charge is 0.340 e. The Kier molecular flexibility index (Phi) is 9.71. The number of anilines is 1. The minimum atomic E-state index is -3.24. The Morgan fingerprint density at radius 1 is 1.23 bits per heavy atom. The van der Waals surface area contributed by atoms with Crippen molar-refractivity contribution in [1.29, 1.82) is 5.26 Å². The second kappa shape index (κ2) is 13.0. The molecule has 1 N–H and O–H groups in total. The SMILES string of the molecule is CCOP(=O)(CSC[C@H]1O[C@@H](n2ncc3c(N[C@@H](C)c4ccc(F)cc4)c(C#N)c(Cl)nc32)[C@@H]2OC(C)(C)O[C@@H]21)OCC. The molecule has 2 aromatic heterocycles. The number of aromatic nitrogens is 3.